The van der Waals surface area contributed by atoms with Crippen LogP contribution in [0.1, 0.15) is 18.6 Å². The van der Waals surface area contributed by atoms with Gasteiger partial charge < -0.3 is 14.8 Å². The minimum atomic E-state index is -0.986. The molecule has 0 saturated heterocycles. The third kappa shape index (κ3) is 3.46. The molecular weight excluding hydrogens is 302 g/mol. The second-order valence-corrected chi connectivity index (χ2v) is 4.92. The van der Waals surface area contributed by atoms with E-state index >= 15 is 0 Å². The number of halogens is 1. The molecule has 1 amide bonds. The zero-order valence-electron chi connectivity index (χ0n) is 9.43. The van der Waals surface area contributed by atoms with Crippen molar-refractivity contribution >= 4 is 33.9 Å². The summed E-state index contributed by atoms with van der Waals surface area (Å²) in [7, 11) is 0. The Bertz CT molecular complexity index is 490. The molecule has 5 nitrogen and oxygen atoms in total. The summed E-state index contributed by atoms with van der Waals surface area (Å²) in [6, 6.07) is 2.62. The Hall–Kier alpha value is -1.56. The first-order chi connectivity index (χ1) is 8.56. The number of nitrogens with one attached hydrogen (secondary N) is 1. The molecule has 0 bridgehead atoms. The van der Waals surface area contributed by atoms with Crippen LogP contribution in [0.5, 0.6) is 0 Å². The Balaban J connectivity index is 1.91. The molecule has 96 valence electrons. The molecule has 1 atom stereocenters. The van der Waals surface area contributed by atoms with Gasteiger partial charge in [0.2, 0.25) is 5.91 Å². The molecule has 1 fully saturated rings. The fourth-order valence-corrected chi connectivity index (χ4v) is 1.91. The van der Waals surface area contributed by atoms with Crippen LogP contribution in [-0.4, -0.2) is 23.0 Å². The predicted octanol–water partition coefficient (Wildman–Crippen LogP) is 2.03. The molecule has 6 heteroatoms. The maximum Gasteiger partial charge on any atom is 0.326 e. The number of carboxylic acid groups (broad SMARTS) is 1. The first-order valence-electron chi connectivity index (χ1n) is 5.53. The van der Waals surface area contributed by atoms with E-state index in [1.165, 1.54) is 12.2 Å². The molecule has 1 aliphatic carbocycles. The third-order valence-electron chi connectivity index (χ3n) is 2.65. The molecule has 1 aliphatic rings. The van der Waals surface area contributed by atoms with Gasteiger partial charge in [0.15, 0.2) is 4.67 Å². The number of rotatable bonds is 5. The fourth-order valence-electron chi connectivity index (χ4n) is 1.59. The number of carboxylic acids is 1. The Labute approximate surface area is 112 Å². The number of hydrogen-bond donors (Lipinski definition) is 2. The summed E-state index contributed by atoms with van der Waals surface area (Å²) in [5.74, 6) is -0.824. The lowest BCUT2D eigenvalue weighted by atomic mass is 10.2. The van der Waals surface area contributed by atoms with Crippen LogP contribution in [0, 0.1) is 5.92 Å². The van der Waals surface area contributed by atoms with Crippen molar-refractivity contribution in [2.24, 2.45) is 5.92 Å². The highest BCUT2D eigenvalue weighted by molar-refractivity contribution is 9.10. The zero-order valence-corrected chi connectivity index (χ0v) is 11.0. The Kier molecular flexibility index (Phi) is 3.86. The molecule has 0 aliphatic heterocycles. The topological polar surface area (TPSA) is 79.5 Å². The van der Waals surface area contributed by atoms with Crippen LogP contribution < -0.4 is 5.32 Å². The van der Waals surface area contributed by atoms with E-state index in [1.54, 1.807) is 12.1 Å². The molecule has 0 spiro atoms. The molecule has 18 heavy (non-hydrogen) atoms. The Morgan fingerprint density at radius 1 is 1.50 bits per heavy atom. The van der Waals surface area contributed by atoms with E-state index in [9.17, 15) is 9.59 Å². The van der Waals surface area contributed by atoms with E-state index in [1.807, 2.05) is 0 Å². The maximum atomic E-state index is 11.6. The average Bonchev–Trinajstić information content (AvgIpc) is 3.06. The molecule has 1 aromatic heterocycles. The molecule has 2 N–H and O–H groups in total. The van der Waals surface area contributed by atoms with Gasteiger partial charge in [-0.1, -0.05) is 0 Å². The molecular formula is C12H12BrNO4. The molecule has 0 radical (unpaired) electrons. The van der Waals surface area contributed by atoms with Crippen LogP contribution in [0.2, 0.25) is 0 Å². The van der Waals surface area contributed by atoms with E-state index in [0.717, 1.165) is 12.8 Å². The van der Waals surface area contributed by atoms with Gasteiger partial charge in [-0.25, -0.2) is 4.79 Å². The predicted molar refractivity (Wildman–Crippen MR) is 67.7 cm³/mol. The van der Waals surface area contributed by atoms with Gasteiger partial charge in [-0.2, -0.15) is 0 Å². The third-order valence-corrected chi connectivity index (χ3v) is 3.08. The first-order valence-corrected chi connectivity index (χ1v) is 6.32. The molecule has 1 saturated carbocycles. The van der Waals surface area contributed by atoms with E-state index in [-0.39, 0.29) is 5.92 Å². The smallest absolute Gasteiger partial charge is 0.326 e. The van der Waals surface area contributed by atoms with Gasteiger partial charge in [0.05, 0.1) is 0 Å². The van der Waals surface area contributed by atoms with Gasteiger partial charge in [0.1, 0.15) is 11.8 Å². The largest absolute Gasteiger partial charge is 0.480 e. The first kappa shape index (κ1) is 12.9. The molecule has 1 unspecified atom stereocenters. The number of amides is 1. The monoisotopic (exact) mass is 313 g/mol. The SMILES string of the molecule is O=C(C=Cc1ccc(Br)o1)NC(C(=O)O)C1CC1. The van der Waals surface area contributed by atoms with Crippen LogP contribution in [0.25, 0.3) is 6.08 Å². The number of carbonyl (C=O) groups is 2. The number of furan rings is 1. The van der Waals surface area contributed by atoms with E-state index < -0.39 is 17.9 Å². The summed E-state index contributed by atoms with van der Waals surface area (Å²) in [5.41, 5.74) is 0. The highest BCUT2D eigenvalue weighted by Crippen LogP contribution is 2.32. The average molecular weight is 314 g/mol. The summed E-state index contributed by atoms with van der Waals surface area (Å²) < 4.78 is 5.75. The zero-order chi connectivity index (χ0) is 13.1. The van der Waals surface area contributed by atoms with Crippen LogP contribution in [0.3, 0.4) is 0 Å². The quantitative estimate of drug-likeness (QED) is 0.815. The lowest BCUT2D eigenvalue weighted by molar-refractivity contribution is -0.141. The van der Waals surface area contributed by atoms with Gasteiger partial charge in [0, 0.05) is 6.08 Å². The lowest BCUT2D eigenvalue weighted by Gasteiger charge is -2.11. The van der Waals surface area contributed by atoms with E-state index in [0.29, 0.717) is 10.4 Å². The number of carbonyl (C=O) groups excluding carboxylic acids is 1. The van der Waals surface area contributed by atoms with Gasteiger partial charge >= 0.3 is 5.97 Å². The summed E-state index contributed by atoms with van der Waals surface area (Å²) in [4.78, 5) is 22.5. The summed E-state index contributed by atoms with van der Waals surface area (Å²) in [6.07, 6.45) is 4.47. The maximum absolute atomic E-state index is 11.6. The number of aliphatic carboxylic acids is 1. The van der Waals surface area contributed by atoms with E-state index in [4.69, 9.17) is 9.52 Å². The van der Waals surface area contributed by atoms with Crippen LogP contribution in [0.4, 0.5) is 0 Å². The van der Waals surface area contributed by atoms with Gasteiger partial charge in [0.25, 0.3) is 0 Å². The van der Waals surface area contributed by atoms with Crippen molar-refractivity contribution in [2.75, 3.05) is 0 Å². The van der Waals surface area contributed by atoms with Crippen LogP contribution in [0.15, 0.2) is 27.3 Å². The van der Waals surface area contributed by atoms with Crippen molar-refractivity contribution in [3.63, 3.8) is 0 Å². The highest BCUT2D eigenvalue weighted by Gasteiger charge is 2.36. The standard InChI is InChI=1S/C12H12BrNO4/c13-9-5-3-8(18-9)4-6-10(15)14-11(12(16)17)7-1-2-7/h3-7,11H,1-2H2,(H,14,15)(H,16,17). The number of hydrogen-bond acceptors (Lipinski definition) is 3. The van der Waals surface area contributed by atoms with Crippen molar-refractivity contribution in [2.45, 2.75) is 18.9 Å². The van der Waals surface area contributed by atoms with Crippen molar-refractivity contribution < 1.29 is 19.1 Å². The van der Waals surface area contributed by atoms with Gasteiger partial charge in [-0.3, -0.25) is 4.79 Å². The summed E-state index contributed by atoms with van der Waals surface area (Å²) in [5, 5.41) is 11.4. The minimum absolute atomic E-state index is 0.0672. The second-order valence-electron chi connectivity index (χ2n) is 4.14. The fraction of sp³-hybridized carbons (Fsp3) is 0.333. The molecule has 2 rings (SSSR count). The van der Waals surface area contributed by atoms with E-state index in [2.05, 4.69) is 21.2 Å². The Morgan fingerprint density at radius 3 is 2.72 bits per heavy atom. The normalized spacial score (nSPS) is 16.7. The van der Waals surface area contributed by atoms with Gasteiger partial charge in [-0.15, -0.1) is 0 Å². The molecule has 0 aromatic carbocycles. The Morgan fingerprint density at radius 2 is 2.22 bits per heavy atom. The van der Waals surface area contributed by atoms with Crippen LogP contribution in [-0.2, 0) is 9.59 Å². The molecule has 1 aromatic rings. The molecule has 1 heterocycles. The second kappa shape index (κ2) is 5.39. The lowest BCUT2D eigenvalue weighted by Crippen LogP contribution is -2.41. The van der Waals surface area contributed by atoms with Crippen LogP contribution >= 0.6 is 15.9 Å². The minimum Gasteiger partial charge on any atom is -0.480 e. The van der Waals surface area contributed by atoms with Crippen molar-refractivity contribution in [1.29, 1.82) is 0 Å². The van der Waals surface area contributed by atoms with Crippen molar-refractivity contribution in [1.82, 2.24) is 5.32 Å². The highest BCUT2D eigenvalue weighted by atomic mass is 79.9. The van der Waals surface area contributed by atoms with Crippen molar-refractivity contribution in [3.05, 3.63) is 28.6 Å². The van der Waals surface area contributed by atoms with Crippen molar-refractivity contribution in [3.8, 4) is 0 Å². The van der Waals surface area contributed by atoms with Gasteiger partial charge in [-0.05, 0) is 52.9 Å². The summed E-state index contributed by atoms with van der Waals surface area (Å²) >= 11 is 3.15. The summed E-state index contributed by atoms with van der Waals surface area (Å²) in [6.45, 7) is 0.